The molecule has 108 valence electrons. The molecule has 1 spiro atoms. The van der Waals surface area contributed by atoms with Crippen LogP contribution in [0.15, 0.2) is 4.99 Å². The highest BCUT2D eigenvalue weighted by Crippen LogP contribution is 2.37. The second-order valence-electron chi connectivity index (χ2n) is 6.83. The minimum atomic E-state index is 0.411. The van der Waals surface area contributed by atoms with Gasteiger partial charge in [0.05, 0.1) is 6.04 Å². The number of nitrogens with zero attached hydrogens (tertiary/aromatic N) is 1. The lowest BCUT2D eigenvalue weighted by Crippen LogP contribution is -2.45. The van der Waals surface area contributed by atoms with Gasteiger partial charge in [-0.3, -0.25) is 4.99 Å². The summed E-state index contributed by atoms with van der Waals surface area (Å²) in [6.45, 7) is 2.33. The zero-order chi connectivity index (χ0) is 13.1. The first-order chi connectivity index (χ1) is 9.27. The Morgan fingerprint density at radius 2 is 1.79 bits per heavy atom. The van der Waals surface area contributed by atoms with Crippen LogP contribution in [0, 0.1) is 5.92 Å². The lowest BCUT2D eigenvalue weighted by molar-refractivity contribution is 0.300. The minimum absolute atomic E-state index is 0.411. The van der Waals surface area contributed by atoms with E-state index in [0.29, 0.717) is 11.6 Å². The molecule has 3 fully saturated rings. The highest BCUT2D eigenvalue weighted by Gasteiger charge is 2.38. The van der Waals surface area contributed by atoms with Crippen LogP contribution in [0.3, 0.4) is 0 Å². The van der Waals surface area contributed by atoms with E-state index in [9.17, 15) is 0 Å². The number of hydrogen-bond donors (Lipinski definition) is 1. The van der Waals surface area contributed by atoms with Crippen molar-refractivity contribution in [3.8, 4) is 0 Å². The molecule has 1 aliphatic heterocycles. The molecular weight excluding hydrogens is 252 g/mol. The number of nitrogens with one attached hydrogen (secondary N) is 1. The summed E-state index contributed by atoms with van der Waals surface area (Å²) in [5.74, 6) is 2.09. The van der Waals surface area contributed by atoms with Crippen LogP contribution in [0.5, 0.6) is 0 Å². The molecule has 1 atom stereocenters. The summed E-state index contributed by atoms with van der Waals surface area (Å²) in [6, 6.07) is 0.522. The fourth-order valence-electron chi connectivity index (χ4n) is 3.98. The second-order valence-corrected chi connectivity index (χ2v) is 7.79. The number of amidine groups is 1. The maximum Gasteiger partial charge on any atom is 0.157 e. The van der Waals surface area contributed by atoms with Gasteiger partial charge in [-0.25, -0.2) is 0 Å². The Morgan fingerprint density at radius 1 is 1.11 bits per heavy atom. The smallest absolute Gasteiger partial charge is 0.157 e. The van der Waals surface area contributed by atoms with Crippen molar-refractivity contribution in [3.05, 3.63) is 0 Å². The monoisotopic (exact) mass is 280 g/mol. The quantitative estimate of drug-likeness (QED) is 0.813. The summed E-state index contributed by atoms with van der Waals surface area (Å²) < 4.78 is 0. The van der Waals surface area contributed by atoms with Gasteiger partial charge in [0, 0.05) is 11.3 Å². The lowest BCUT2D eigenvalue weighted by atomic mass is 9.83. The van der Waals surface area contributed by atoms with E-state index >= 15 is 0 Å². The Balaban J connectivity index is 1.58. The maximum atomic E-state index is 5.02. The maximum absolute atomic E-state index is 5.02. The van der Waals surface area contributed by atoms with Crippen LogP contribution in [0.2, 0.25) is 0 Å². The Bertz CT molecular complexity index is 328. The fraction of sp³-hybridized carbons (Fsp3) is 0.938. The van der Waals surface area contributed by atoms with Gasteiger partial charge in [-0.15, -0.1) is 0 Å². The van der Waals surface area contributed by atoms with Crippen molar-refractivity contribution in [1.29, 1.82) is 0 Å². The lowest BCUT2D eigenvalue weighted by Gasteiger charge is -2.33. The molecule has 2 nitrogen and oxygen atoms in total. The third kappa shape index (κ3) is 3.29. The highest BCUT2D eigenvalue weighted by atomic mass is 32.2. The van der Waals surface area contributed by atoms with Gasteiger partial charge in [-0.2, -0.15) is 0 Å². The molecular formula is C16H28N2S. The van der Waals surface area contributed by atoms with Crippen molar-refractivity contribution < 1.29 is 0 Å². The average molecular weight is 280 g/mol. The molecule has 3 heteroatoms. The molecule has 2 aliphatic carbocycles. The van der Waals surface area contributed by atoms with Gasteiger partial charge in [0.25, 0.3) is 0 Å². The third-order valence-electron chi connectivity index (χ3n) is 5.32. The molecule has 1 N–H and O–H groups in total. The normalized spacial score (nSPS) is 31.5. The summed E-state index contributed by atoms with van der Waals surface area (Å²) in [6.07, 6.45) is 14.0. The van der Waals surface area contributed by atoms with E-state index in [-0.39, 0.29) is 0 Å². The van der Waals surface area contributed by atoms with Crippen LogP contribution in [0.25, 0.3) is 0 Å². The SMILES string of the molecule is CC(N=C1NC2(CCCCC2)CS1)C1CCCCC1. The van der Waals surface area contributed by atoms with E-state index in [0.717, 1.165) is 5.92 Å². The van der Waals surface area contributed by atoms with Gasteiger partial charge in [-0.05, 0) is 38.5 Å². The van der Waals surface area contributed by atoms with Crippen molar-refractivity contribution in [2.75, 3.05) is 5.75 Å². The number of rotatable bonds is 2. The van der Waals surface area contributed by atoms with Crippen molar-refractivity contribution in [2.45, 2.75) is 82.7 Å². The zero-order valence-electron chi connectivity index (χ0n) is 12.3. The summed E-state index contributed by atoms with van der Waals surface area (Å²) in [5, 5.41) is 5.04. The van der Waals surface area contributed by atoms with Gasteiger partial charge in [0.15, 0.2) is 5.17 Å². The van der Waals surface area contributed by atoms with Crippen molar-refractivity contribution in [2.24, 2.45) is 10.9 Å². The molecule has 0 aromatic heterocycles. The predicted octanol–water partition coefficient (Wildman–Crippen LogP) is 4.35. The fourth-order valence-corrected chi connectivity index (χ4v) is 5.28. The van der Waals surface area contributed by atoms with Gasteiger partial charge in [0.2, 0.25) is 0 Å². The van der Waals surface area contributed by atoms with E-state index in [1.807, 2.05) is 11.8 Å². The number of thioether (sulfide) groups is 1. The molecule has 1 saturated heterocycles. The van der Waals surface area contributed by atoms with Crippen LogP contribution in [0.4, 0.5) is 0 Å². The summed E-state index contributed by atoms with van der Waals surface area (Å²) >= 11 is 1.98. The Labute approximate surface area is 122 Å². The standard InChI is InChI=1S/C16H28N2S/c1-13(14-8-4-2-5-9-14)17-15-18-16(12-19-15)10-6-3-7-11-16/h13-14H,2-12H2,1H3,(H,17,18). The minimum Gasteiger partial charge on any atom is -0.359 e. The van der Waals surface area contributed by atoms with E-state index in [4.69, 9.17) is 4.99 Å². The van der Waals surface area contributed by atoms with Crippen LogP contribution < -0.4 is 5.32 Å². The van der Waals surface area contributed by atoms with E-state index in [2.05, 4.69) is 12.2 Å². The molecule has 0 amide bonds. The van der Waals surface area contributed by atoms with Gasteiger partial charge in [0.1, 0.15) is 0 Å². The first-order valence-electron chi connectivity index (χ1n) is 8.26. The first kappa shape index (κ1) is 13.8. The Morgan fingerprint density at radius 3 is 2.53 bits per heavy atom. The average Bonchev–Trinajstić information content (AvgIpc) is 2.83. The first-order valence-corrected chi connectivity index (χ1v) is 9.25. The van der Waals surface area contributed by atoms with Crippen molar-refractivity contribution >= 4 is 16.9 Å². The van der Waals surface area contributed by atoms with Crippen LogP contribution in [-0.4, -0.2) is 22.5 Å². The largest absolute Gasteiger partial charge is 0.359 e. The molecule has 1 unspecified atom stereocenters. The van der Waals surface area contributed by atoms with Crippen molar-refractivity contribution in [3.63, 3.8) is 0 Å². The second kappa shape index (κ2) is 6.07. The molecule has 3 aliphatic rings. The van der Waals surface area contributed by atoms with Crippen LogP contribution in [0.1, 0.15) is 71.1 Å². The molecule has 3 rings (SSSR count). The summed E-state index contributed by atoms with van der Waals surface area (Å²) in [7, 11) is 0. The van der Waals surface area contributed by atoms with Crippen LogP contribution >= 0.6 is 11.8 Å². The van der Waals surface area contributed by atoms with E-state index in [1.165, 1.54) is 75.1 Å². The topological polar surface area (TPSA) is 24.4 Å². The van der Waals surface area contributed by atoms with Crippen molar-refractivity contribution in [1.82, 2.24) is 5.32 Å². The Hall–Kier alpha value is -0.180. The van der Waals surface area contributed by atoms with Gasteiger partial charge >= 0.3 is 0 Å². The molecule has 1 heterocycles. The summed E-state index contributed by atoms with van der Waals surface area (Å²) in [4.78, 5) is 5.02. The molecule has 0 aromatic carbocycles. The van der Waals surface area contributed by atoms with Gasteiger partial charge in [-0.1, -0.05) is 50.3 Å². The predicted molar refractivity (Wildman–Crippen MR) is 84.9 cm³/mol. The molecule has 19 heavy (non-hydrogen) atoms. The zero-order valence-corrected chi connectivity index (χ0v) is 13.1. The third-order valence-corrected chi connectivity index (χ3v) is 6.50. The van der Waals surface area contributed by atoms with Gasteiger partial charge < -0.3 is 5.32 Å². The number of aliphatic imine (C=N–C) groups is 1. The van der Waals surface area contributed by atoms with E-state index in [1.54, 1.807) is 0 Å². The van der Waals surface area contributed by atoms with Crippen LogP contribution in [-0.2, 0) is 0 Å². The van der Waals surface area contributed by atoms with E-state index < -0.39 is 0 Å². The Kier molecular flexibility index (Phi) is 4.40. The molecule has 0 bridgehead atoms. The molecule has 2 saturated carbocycles. The highest BCUT2D eigenvalue weighted by molar-refractivity contribution is 8.14. The molecule has 0 aromatic rings. The molecule has 0 radical (unpaired) electrons. The summed E-state index contributed by atoms with van der Waals surface area (Å²) in [5.41, 5.74) is 0.411. The number of hydrogen-bond acceptors (Lipinski definition) is 2.